The molecule has 0 aromatic heterocycles. The third-order valence-corrected chi connectivity index (χ3v) is 5.65. The molecule has 7 nitrogen and oxygen atoms in total. The minimum Gasteiger partial charge on any atom is -0.282 e. The topological polar surface area (TPSA) is 92.9 Å². The maximum Gasteiger partial charge on any atom is 0.288 e. The van der Waals surface area contributed by atoms with Crippen LogP contribution in [-0.4, -0.2) is 47.8 Å². The van der Waals surface area contributed by atoms with Gasteiger partial charge in [-0.3, -0.25) is 15.1 Å². The largest absolute Gasteiger partial charge is 0.288 e. The summed E-state index contributed by atoms with van der Waals surface area (Å²) in [6.07, 6.45) is 5.81. The highest BCUT2D eigenvalue weighted by atomic mass is 32.2. The van der Waals surface area contributed by atoms with Crippen LogP contribution in [0.2, 0.25) is 0 Å². The Bertz CT molecular complexity index is 544. The molecule has 8 heteroatoms. The van der Waals surface area contributed by atoms with Crippen LogP contribution in [0.3, 0.4) is 0 Å². The van der Waals surface area contributed by atoms with Crippen LogP contribution in [-0.2, 0) is 9.84 Å². The van der Waals surface area contributed by atoms with Crippen LogP contribution in [0.15, 0.2) is 5.10 Å². The zero-order valence-corrected chi connectivity index (χ0v) is 11.5. The predicted octanol–water partition coefficient (Wildman–Crippen LogP) is 0.636. The normalized spacial score (nSPS) is 37.7. The van der Waals surface area contributed by atoms with E-state index in [0.29, 0.717) is 12.3 Å². The van der Waals surface area contributed by atoms with Gasteiger partial charge in [-0.15, -0.1) is 0 Å². The molecular formula is C11H17N3O4S. The number of rotatable bonds is 1. The average Bonchev–Trinajstić information content (AvgIpc) is 2.90. The van der Waals surface area contributed by atoms with Crippen molar-refractivity contribution in [1.82, 2.24) is 5.01 Å². The molecule has 1 saturated carbocycles. The summed E-state index contributed by atoms with van der Waals surface area (Å²) in [6.45, 7) is 0. The molecule has 0 aromatic carbocycles. The number of nitro groups is 1. The summed E-state index contributed by atoms with van der Waals surface area (Å²) in [5.74, 6) is 0.520. The Hall–Kier alpha value is -1.18. The van der Waals surface area contributed by atoms with E-state index in [0.717, 1.165) is 31.9 Å². The molecule has 0 aromatic rings. The Kier molecular flexibility index (Phi) is 2.81. The zero-order valence-electron chi connectivity index (χ0n) is 10.7. The number of hydrogen-bond acceptors (Lipinski definition) is 6. The molecule has 0 spiro atoms. The second-order valence-corrected chi connectivity index (χ2v) is 7.69. The fourth-order valence-corrected chi connectivity index (χ4v) is 4.70. The third-order valence-electron chi connectivity index (χ3n) is 4.57. The van der Waals surface area contributed by atoms with E-state index in [1.54, 1.807) is 5.01 Å². The van der Waals surface area contributed by atoms with Gasteiger partial charge in [-0.05, 0) is 31.6 Å². The molecule has 0 N–H and O–H groups in total. The fourth-order valence-electron chi connectivity index (χ4n) is 3.78. The van der Waals surface area contributed by atoms with Gasteiger partial charge in [-0.25, -0.2) is 8.42 Å². The lowest BCUT2D eigenvalue weighted by atomic mass is 9.87. The number of hydrazone groups is 1. The molecule has 2 heterocycles. The van der Waals surface area contributed by atoms with E-state index in [9.17, 15) is 18.5 Å². The highest BCUT2D eigenvalue weighted by molar-refractivity contribution is 8.06. The van der Waals surface area contributed by atoms with Gasteiger partial charge in [-0.2, -0.15) is 5.10 Å². The van der Waals surface area contributed by atoms with Crippen molar-refractivity contribution in [2.24, 2.45) is 11.0 Å². The molecule has 1 aliphatic carbocycles. The van der Waals surface area contributed by atoms with Crippen molar-refractivity contribution >= 4 is 14.9 Å². The molecule has 2 aliphatic heterocycles. The van der Waals surface area contributed by atoms with Crippen molar-refractivity contribution < 1.29 is 13.3 Å². The highest BCUT2D eigenvalue weighted by Crippen LogP contribution is 2.43. The summed E-state index contributed by atoms with van der Waals surface area (Å²) < 4.78 is 23.4. The van der Waals surface area contributed by atoms with Crippen LogP contribution in [0.4, 0.5) is 0 Å². The van der Waals surface area contributed by atoms with Crippen LogP contribution in [0.5, 0.6) is 0 Å². The smallest absolute Gasteiger partial charge is 0.282 e. The first-order valence-corrected chi connectivity index (χ1v) is 8.49. The molecule has 0 bridgehead atoms. The Morgan fingerprint density at radius 1 is 1.26 bits per heavy atom. The summed E-state index contributed by atoms with van der Waals surface area (Å²) >= 11 is 0. The first-order valence-electron chi connectivity index (χ1n) is 6.60. The number of sulfone groups is 1. The summed E-state index contributed by atoms with van der Waals surface area (Å²) in [6, 6.07) is -1.36. The van der Waals surface area contributed by atoms with Crippen LogP contribution >= 0.6 is 0 Å². The molecule has 3 aliphatic rings. The second kappa shape index (κ2) is 4.16. The van der Waals surface area contributed by atoms with Gasteiger partial charge in [0.1, 0.15) is 6.04 Å². The summed E-state index contributed by atoms with van der Waals surface area (Å²) in [5, 5.41) is 16.9. The minimum absolute atomic E-state index is 0.195. The Balaban J connectivity index is 2.00. The zero-order chi connectivity index (χ0) is 13.8. The van der Waals surface area contributed by atoms with E-state index < -0.39 is 20.8 Å². The molecule has 4 atom stereocenters. The van der Waals surface area contributed by atoms with Crippen molar-refractivity contribution in [3.63, 3.8) is 0 Å². The lowest BCUT2D eigenvalue weighted by Crippen LogP contribution is -2.50. The maximum atomic E-state index is 11.7. The van der Waals surface area contributed by atoms with Gasteiger partial charge >= 0.3 is 0 Å². The molecule has 19 heavy (non-hydrogen) atoms. The van der Waals surface area contributed by atoms with E-state index in [-0.39, 0.29) is 17.1 Å². The van der Waals surface area contributed by atoms with Crippen molar-refractivity contribution in [1.29, 1.82) is 0 Å². The molecule has 2 fully saturated rings. The van der Waals surface area contributed by atoms with Crippen LogP contribution < -0.4 is 0 Å². The van der Waals surface area contributed by atoms with E-state index in [4.69, 9.17) is 0 Å². The van der Waals surface area contributed by atoms with Crippen molar-refractivity contribution in [3.05, 3.63) is 10.1 Å². The van der Waals surface area contributed by atoms with Crippen molar-refractivity contribution in [2.45, 2.75) is 50.2 Å². The van der Waals surface area contributed by atoms with Gasteiger partial charge in [0.05, 0.1) is 6.04 Å². The fraction of sp³-hybridized carbons (Fsp3) is 0.909. The second-order valence-electron chi connectivity index (χ2n) is 5.72. The standard InChI is InChI=1S/C11H17N3O4S/c1-19(17,18)11-10(14(15)16)9-6-5-7-3-2-4-8(7)13(9)12-11/h7-10H,2-6H2,1H3. The molecule has 4 unspecified atom stereocenters. The average molecular weight is 287 g/mol. The SMILES string of the molecule is CS(=O)(=O)C1=NN2C3CCCC3CCC2C1[N+](=O)[O-]. The lowest BCUT2D eigenvalue weighted by Gasteiger charge is -2.38. The predicted molar refractivity (Wildman–Crippen MR) is 69.1 cm³/mol. The minimum atomic E-state index is -3.62. The number of nitrogens with zero attached hydrogens (tertiary/aromatic N) is 3. The molecule has 0 amide bonds. The van der Waals surface area contributed by atoms with Crippen LogP contribution in [0.25, 0.3) is 0 Å². The molecule has 0 radical (unpaired) electrons. The molecule has 1 saturated heterocycles. The maximum absolute atomic E-state index is 11.7. The highest BCUT2D eigenvalue weighted by Gasteiger charge is 2.55. The van der Waals surface area contributed by atoms with E-state index in [1.807, 2.05) is 0 Å². The van der Waals surface area contributed by atoms with Gasteiger partial charge in [0, 0.05) is 11.2 Å². The van der Waals surface area contributed by atoms with Gasteiger partial charge in [0.25, 0.3) is 6.04 Å². The van der Waals surface area contributed by atoms with Crippen LogP contribution in [0.1, 0.15) is 32.1 Å². The molecule has 3 rings (SSSR count). The number of hydrogen-bond donors (Lipinski definition) is 0. The van der Waals surface area contributed by atoms with Gasteiger partial charge in [0.2, 0.25) is 5.04 Å². The first kappa shape index (κ1) is 12.8. The van der Waals surface area contributed by atoms with Gasteiger partial charge in [0.15, 0.2) is 9.84 Å². The van der Waals surface area contributed by atoms with Crippen molar-refractivity contribution in [3.8, 4) is 0 Å². The van der Waals surface area contributed by atoms with E-state index >= 15 is 0 Å². The monoisotopic (exact) mass is 287 g/mol. The first-order chi connectivity index (χ1) is 8.89. The Morgan fingerprint density at radius 3 is 2.63 bits per heavy atom. The Morgan fingerprint density at radius 2 is 2.00 bits per heavy atom. The summed E-state index contributed by atoms with van der Waals surface area (Å²) in [4.78, 5) is 10.8. The van der Waals surface area contributed by atoms with E-state index in [1.165, 1.54) is 0 Å². The van der Waals surface area contributed by atoms with Gasteiger partial charge < -0.3 is 0 Å². The number of fused-ring (bicyclic) bond motifs is 3. The summed E-state index contributed by atoms with van der Waals surface area (Å²) in [7, 11) is -3.62. The van der Waals surface area contributed by atoms with Crippen molar-refractivity contribution in [2.75, 3.05) is 6.26 Å². The quantitative estimate of drug-likeness (QED) is 0.521. The van der Waals surface area contributed by atoms with Crippen LogP contribution in [0, 0.1) is 16.0 Å². The molecule has 106 valence electrons. The molecular weight excluding hydrogens is 270 g/mol. The number of piperidine rings is 1. The third kappa shape index (κ3) is 1.92. The lowest BCUT2D eigenvalue weighted by molar-refractivity contribution is -0.508. The van der Waals surface area contributed by atoms with Gasteiger partial charge in [-0.1, -0.05) is 6.42 Å². The summed E-state index contributed by atoms with van der Waals surface area (Å²) in [5.41, 5.74) is 0. The Labute approximate surface area is 111 Å². The van der Waals surface area contributed by atoms with E-state index in [2.05, 4.69) is 5.10 Å².